The van der Waals surface area contributed by atoms with E-state index in [1.54, 1.807) is 13.0 Å². The van der Waals surface area contributed by atoms with Gasteiger partial charge in [0.25, 0.3) is 0 Å². The Bertz CT molecular complexity index is 1360. The van der Waals surface area contributed by atoms with Gasteiger partial charge in [-0.25, -0.2) is 35.1 Å². The van der Waals surface area contributed by atoms with Gasteiger partial charge >= 0.3 is 0 Å². The van der Waals surface area contributed by atoms with Crippen LogP contribution in [-0.4, -0.2) is 4.98 Å². The van der Waals surface area contributed by atoms with Crippen molar-refractivity contribution in [3.05, 3.63) is 107 Å². The van der Waals surface area contributed by atoms with E-state index in [4.69, 9.17) is 0 Å². The van der Waals surface area contributed by atoms with E-state index in [0.29, 0.717) is 17.7 Å². The number of nitrogens with zero attached hydrogens (tertiary/aromatic N) is 1. The Hall–Kier alpha value is -4.02. The van der Waals surface area contributed by atoms with E-state index in [1.165, 1.54) is 18.3 Å². The van der Waals surface area contributed by atoms with E-state index in [9.17, 15) is 39.6 Å². The van der Waals surface area contributed by atoms with Crippen LogP contribution in [0.4, 0.5) is 39.6 Å². The standard InChI is InChI=1S/C19H12F5N.C6H2F4O/c1-10-2-3-13(15(21)4-10)12-7-18(24)19(25-9-12)11-5-16(22)14(8-20)17(23)6-11;7-4-1-3(11-10)2-5(8)6(4)9/h2-7,9H,8H2,1H3;1-2H. The molecule has 36 heavy (non-hydrogen) atoms. The van der Waals surface area contributed by atoms with Crippen LogP contribution in [0.2, 0.25) is 0 Å². The minimum Gasteiger partial charge on any atom is -0.294 e. The van der Waals surface area contributed by atoms with Crippen LogP contribution in [0.15, 0.2) is 54.7 Å². The molecule has 0 fully saturated rings. The first-order chi connectivity index (χ1) is 17.0. The molecule has 0 atom stereocenters. The van der Waals surface area contributed by atoms with Crippen LogP contribution < -0.4 is 4.94 Å². The highest BCUT2D eigenvalue weighted by atomic mass is 19.3. The number of benzene rings is 3. The molecule has 4 aromatic rings. The van der Waals surface area contributed by atoms with Gasteiger partial charge in [0, 0.05) is 39.5 Å². The molecule has 0 saturated heterocycles. The second kappa shape index (κ2) is 11.1. The van der Waals surface area contributed by atoms with Crippen molar-refractivity contribution in [2.75, 3.05) is 0 Å². The number of aryl methyl sites for hydroxylation is 1. The Morgan fingerprint density at radius 1 is 0.694 bits per heavy atom. The summed E-state index contributed by atoms with van der Waals surface area (Å²) < 4.78 is 116. The molecule has 0 unspecified atom stereocenters. The number of rotatable bonds is 4. The van der Waals surface area contributed by atoms with Gasteiger partial charge in [-0.2, -0.15) is 0 Å². The average molecular weight is 515 g/mol. The molecule has 0 spiro atoms. The number of aromatic nitrogens is 1. The predicted octanol–water partition coefficient (Wildman–Crippen LogP) is 8.12. The maximum Gasteiger partial charge on any atom is 0.194 e. The zero-order valence-electron chi connectivity index (χ0n) is 18.2. The van der Waals surface area contributed by atoms with E-state index in [0.717, 1.165) is 18.2 Å². The van der Waals surface area contributed by atoms with Crippen LogP contribution in [0, 0.1) is 47.6 Å². The fourth-order valence-corrected chi connectivity index (χ4v) is 3.10. The molecule has 188 valence electrons. The minimum absolute atomic E-state index is 0.161. The molecule has 1 aromatic heterocycles. The van der Waals surface area contributed by atoms with Crippen LogP contribution in [0.3, 0.4) is 0 Å². The molecular weight excluding hydrogens is 501 g/mol. The first kappa shape index (κ1) is 26.6. The van der Waals surface area contributed by atoms with Crippen LogP contribution in [0.25, 0.3) is 22.4 Å². The Labute approximate surface area is 198 Å². The van der Waals surface area contributed by atoms with Crippen molar-refractivity contribution in [2.45, 2.75) is 13.6 Å². The lowest BCUT2D eigenvalue weighted by molar-refractivity contribution is -0.00711. The Balaban J connectivity index is 0.000000275. The lowest BCUT2D eigenvalue weighted by atomic mass is 10.0. The van der Waals surface area contributed by atoms with Crippen molar-refractivity contribution < 1.29 is 44.6 Å². The maximum atomic E-state index is 14.4. The maximum absolute atomic E-state index is 14.4. The minimum atomic E-state index is -1.65. The third kappa shape index (κ3) is 5.78. The fourth-order valence-electron chi connectivity index (χ4n) is 3.10. The predicted molar refractivity (Wildman–Crippen MR) is 113 cm³/mol. The van der Waals surface area contributed by atoms with Gasteiger partial charge in [-0.05, 0) is 36.8 Å². The van der Waals surface area contributed by atoms with E-state index in [-0.39, 0.29) is 22.4 Å². The van der Waals surface area contributed by atoms with Crippen molar-refractivity contribution >= 4 is 0 Å². The second-order valence-electron chi connectivity index (χ2n) is 7.37. The van der Waals surface area contributed by atoms with Gasteiger partial charge in [0.2, 0.25) is 0 Å². The van der Waals surface area contributed by atoms with Gasteiger partial charge in [0.05, 0.1) is 5.56 Å². The van der Waals surface area contributed by atoms with Crippen molar-refractivity contribution in [3.8, 4) is 28.1 Å². The molecule has 2 nitrogen and oxygen atoms in total. The van der Waals surface area contributed by atoms with Gasteiger partial charge in [-0.3, -0.25) is 9.93 Å². The molecule has 0 N–H and O–H groups in total. The van der Waals surface area contributed by atoms with E-state index in [1.807, 2.05) is 0 Å². The second-order valence-corrected chi connectivity index (χ2v) is 7.37. The smallest absolute Gasteiger partial charge is 0.194 e. The molecule has 0 aliphatic carbocycles. The molecule has 0 amide bonds. The molecule has 3 aromatic carbocycles. The van der Waals surface area contributed by atoms with Crippen LogP contribution >= 0.6 is 0 Å². The van der Waals surface area contributed by atoms with Gasteiger partial charge in [0.15, 0.2) is 23.2 Å². The number of halogens is 9. The SMILES string of the molecule is Cc1ccc(-c2cnc(-c3cc(F)c(CF)c(F)c3)c(F)c2)c(F)c1.FOc1cc(F)c(F)c(F)c1. The topological polar surface area (TPSA) is 22.1 Å². The Kier molecular flexibility index (Phi) is 8.23. The van der Waals surface area contributed by atoms with Crippen LogP contribution in [-0.2, 0) is 6.67 Å². The van der Waals surface area contributed by atoms with E-state index in [2.05, 4.69) is 9.93 Å². The summed E-state index contributed by atoms with van der Waals surface area (Å²) in [6.07, 6.45) is 1.21. The first-order valence-electron chi connectivity index (χ1n) is 9.95. The zero-order chi connectivity index (χ0) is 26.6. The molecule has 11 heteroatoms. The van der Waals surface area contributed by atoms with Gasteiger partial charge in [-0.1, -0.05) is 12.1 Å². The van der Waals surface area contributed by atoms with Crippen molar-refractivity contribution in [1.82, 2.24) is 4.98 Å². The largest absolute Gasteiger partial charge is 0.294 e. The summed E-state index contributed by atoms with van der Waals surface area (Å²) in [6.45, 7) is 0.415. The van der Waals surface area contributed by atoms with E-state index < -0.39 is 58.7 Å². The van der Waals surface area contributed by atoms with Gasteiger partial charge in [-0.15, -0.1) is 0 Å². The third-order valence-corrected chi connectivity index (χ3v) is 4.87. The summed E-state index contributed by atoms with van der Waals surface area (Å²) in [5, 5.41) is 0. The highest BCUT2D eigenvalue weighted by Crippen LogP contribution is 2.29. The summed E-state index contributed by atoms with van der Waals surface area (Å²) in [6, 6.07) is 7.94. The third-order valence-electron chi connectivity index (χ3n) is 4.87. The Morgan fingerprint density at radius 2 is 1.28 bits per heavy atom. The number of pyridine rings is 1. The van der Waals surface area contributed by atoms with Gasteiger partial charge in [0.1, 0.15) is 35.6 Å². The first-order valence-corrected chi connectivity index (χ1v) is 9.95. The van der Waals surface area contributed by atoms with Crippen molar-refractivity contribution in [3.63, 3.8) is 0 Å². The molecule has 0 aliphatic heterocycles. The summed E-state index contributed by atoms with van der Waals surface area (Å²) >= 11 is 0. The zero-order valence-corrected chi connectivity index (χ0v) is 18.2. The monoisotopic (exact) mass is 515 g/mol. The summed E-state index contributed by atoms with van der Waals surface area (Å²) in [4.78, 5) is 6.84. The molecule has 1 heterocycles. The molecule has 0 bridgehead atoms. The highest BCUT2D eigenvalue weighted by Gasteiger charge is 2.17. The quantitative estimate of drug-likeness (QED) is 0.202. The van der Waals surface area contributed by atoms with Gasteiger partial charge < -0.3 is 0 Å². The molecule has 0 saturated carbocycles. The van der Waals surface area contributed by atoms with E-state index >= 15 is 0 Å². The number of alkyl halides is 1. The summed E-state index contributed by atoms with van der Waals surface area (Å²) in [5.74, 6) is -8.97. The molecule has 0 radical (unpaired) electrons. The number of hydrogen-bond acceptors (Lipinski definition) is 2. The fraction of sp³-hybridized carbons (Fsp3) is 0.0800. The summed E-state index contributed by atoms with van der Waals surface area (Å²) in [5.41, 5.74) is -0.124. The lowest BCUT2D eigenvalue weighted by Gasteiger charge is -2.09. The van der Waals surface area contributed by atoms with Crippen molar-refractivity contribution in [2.24, 2.45) is 0 Å². The summed E-state index contributed by atoms with van der Waals surface area (Å²) in [7, 11) is 0. The highest BCUT2D eigenvalue weighted by molar-refractivity contribution is 5.68. The number of hydrogen-bond donors (Lipinski definition) is 0. The lowest BCUT2D eigenvalue weighted by Crippen LogP contribution is -1.98. The molecule has 4 rings (SSSR count). The normalized spacial score (nSPS) is 10.6. The van der Waals surface area contributed by atoms with Crippen LogP contribution in [0.5, 0.6) is 5.75 Å². The average Bonchev–Trinajstić information content (AvgIpc) is 2.82. The Morgan fingerprint density at radius 3 is 1.78 bits per heavy atom. The molecular formula is C25H14F9NO. The van der Waals surface area contributed by atoms with Crippen molar-refractivity contribution in [1.29, 1.82) is 0 Å². The van der Waals surface area contributed by atoms with Crippen LogP contribution in [0.1, 0.15) is 11.1 Å². The molecule has 0 aliphatic rings.